The van der Waals surface area contributed by atoms with Crippen molar-refractivity contribution in [2.24, 2.45) is 17.8 Å². The molecule has 0 saturated carbocycles. The van der Waals surface area contributed by atoms with E-state index in [2.05, 4.69) is 13.0 Å². The first-order valence-electron chi connectivity index (χ1n) is 13.8. The van der Waals surface area contributed by atoms with Crippen LogP contribution < -0.4 is 0 Å². The first kappa shape index (κ1) is 32.2. The zero-order valence-corrected chi connectivity index (χ0v) is 23.9. The second kappa shape index (κ2) is 14.4. The summed E-state index contributed by atoms with van der Waals surface area (Å²) >= 11 is 0. The summed E-state index contributed by atoms with van der Waals surface area (Å²) < 4.78 is 30.8. The first-order valence-corrected chi connectivity index (χ1v) is 13.8. The molecule has 0 aromatic rings. The third-order valence-electron chi connectivity index (χ3n) is 7.57. The average molecular weight is 539 g/mol. The van der Waals surface area contributed by atoms with Crippen molar-refractivity contribution in [3.05, 3.63) is 36.0 Å². The summed E-state index contributed by atoms with van der Waals surface area (Å²) in [5.74, 6) is -1.21. The molecule has 2 heterocycles. The van der Waals surface area contributed by atoms with Crippen molar-refractivity contribution in [1.82, 2.24) is 0 Å². The SMILES string of the molecule is CCC(F)C(C)C1OC1CC(C)/C=C/C=C(\C)C1OC(=O)CC(O)CCC(C)(O)C(OC(C)=O)/C=C/C1C. The fourth-order valence-corrected chi connectivity index (χ4v) is 4.95. The lowest BCUT2D eigenvalue weighted by Crippen LogP contribution is -2.42. The van der Waals surface area contributed by atoms with Crippen LogP contribution in [0.25, 0.3) is 0 Å². The maximum atomic E-state index is 13.9. The molecule has 10 unspecified atom stereocenters. The molecule has 8 heteroatoms. The minimum atomic E-state index is -1.41. The lowest BCUT2D eigenvalue weighted by atomic mass is 9.88. The number of carbonyl (C=O) groups excluding carboxylic acids is 2. The quantitative estimate of drug-likeness (QED) is 0.184. The van der Waals surface area contributed by atoms with E-state index in [-0.39, 0.29) is 49.2 Å². The molecule has 2 N–H and O–H groups in total. The normalized spacial score (nSPS) is 36.4. The van der Waals surface area contributed by atoms with Crippen LogP contribution in [0.2, 0.25) is 0 Å². The van der Waals surface area contributed by atoms with Crippen molar-refractivity contribution in [3.8, 4) is 0 Å². The van der Waals surface area contributed by atoms with Crippen LogP contribution in [0, 0.1) is 17.8 Å². The largest absolute Gasteiger partial charge is 0.457 e. The van der Waals surface area contributed by atoms with Crippen LogP contribution in [0.4, 0.5) is 4.39 Å². The number of halogens is 1. The first-order chi connectivity index (χ1) is 17.7. The average Bonchev–Trinajstić information content (AvgIpc) is 3.60. The molecule has 2 aliphatic rings. The van der Waals surface area contributed by atoms with E-state index in [0.717, 1.165) is 12.0 Å². The Morgan fingerprint density at radius 3 is 2.63 bits per heavy atom. The highest BCUT2D eigenvalue weighted by atomic mass is 19.1. The van der Waals surface area contributed by atoms with Crippen LogP contribution in [-0.4, -0.2) is 64.4 Å². The fourth-order valence-electron chi connectivity index (χ4n) is 4.95. The van der Waals surface area contributed by atoms with Gasteiger partial charge in [0.25, 0.3) is 0 Å². The number of hydrogen-bond acceptors (Lipinski definition) is 7. The molecule has 0 radical (unpaired) electrons. The number of hydrogen-bond donors (Lipinski definition) is 2. The molecule has 0 aliphatic carbocycles. The molecule has 216 valence electrons. The topological polar surface area (TPSA) is 106 Å². The van der Waals surface area contributed by atoms with Crippen LogP contribution in [-0.2, 0) is 23.8 Å². The number of aliphatic hydroxyl groups excluding tert-OH is 1. The zero-order valence-electron chi connectivity index (χ0n) is 23.9. The predicted molar refractivity (Wildman–Crippen MR) is 144 cm³/mol. The summed E-state index contributed by atoms with van der Waals surface area (Å²) in [5, 5.41) is 21.3. The van der Waals surface area contributed by atoms with Gasteiger partial charge < -0.3 is 24.4 Å². The molecule has 2 rings (SSSR count). The van der Waals surface area contributed by atoms with E-state index >= 15 is 0 Å². The second-order valence-electron chi connectivity index (χ2n) is 11.4. The monoisotopic (exact) mass is 538 g/mol. The molecule has 0 aromatic carbocycles. The standard InChI is InChI=1S/C30H47FO7/c1-8-24(31)21(5)29-25(37-29)16-18(2)10-9-11-19(3)28-20(4)12-13-26(36-22(6)32)30(7,35)15-14-23(33)17-27(34)38-28/h9-13,18,20-21,23-26,28-29,33,35H,8,14-17H2,1-7H3/b10-9+,13-12+,19-11+. The highest BCUT2D eigenvalue weighted by Crippen LogP contribution is 2.37. The Morgan fingerprint density at radius 2 is 2.00 bits per heavy atom. The lowest BCUT2D eigenvalue weighted by Gasteiger charge is -2.32. The number of ether oxygens (including phenoxy) is 3. The van der Waals surface area contributed by atoms with Crippen LogP contribution in [0.15, 0.2) is 36.0 Å². The van der Waals surface area contributed by atoms with E-state index in [1.807, 2.05) is 39.8 Å². The minimum absolute atomic E-state index is 0.0201. The van der Waals surface area contributed by atoms with Crippen molar-refractivity contribution < 1.29 is 38.4 Å². The molecule has 0 amide bonds. The lowest BCUT2D eigenvalue weighted by molar-refractivity contribution is -0.157. The number of cyclic esters (lactones) is 1. The van der Waals surface area contributed by atoms with Crippen LogP contribution in [0.3, 0.4) is 0 Å². The van der Waals surface area contributed by atoms with Gasteiger partial charge >= 0.3 is 11.9 Å². The summed E-state index contributed by atoms with van der Waals surface area (Å²) in [4.78, 5) is 24.2. The van der Waals surface area contributed by atoms with E-state index in [9.17, 15) is 24.2 Å². The van der Waals surface area contributed by atoms with Gasteiger partial charge in [-0.15, -0.1) is 0 Å². The molecule has 0 bridgehead atoms. The highest BCUT2D eigenvalue weighted by Gasteiger charge is 2.45. The van der Waals surface area contributed by atoms with E-state index in [0.29, 0.717) is 6.42 Å². The fraction of sp³-hybridized carbons (Fsp3) is 0.733. The van der Waals surface area contributed by atoms with E-state index < -0.39 is 42.0 Å². The summed E-state index contributed by atoms with van der Waals surface area (Å²) in [6.07, 6.45) is 7.38. The number of aliphatic hydroxyl groups is 2. The molecule has 10 atom stereocenters. The summed E-state index contributed by atoms with van der Waals surface area (Å²) in [5.41, 5.74) is -0.603. The Balaban J connectivity index is 2.12. The Labute approximate surface area is 227 Å². The van der Waals surface area contributed by atoms with Gasteiger partial charge in [-0.2, -0.15) is 0 Å². The van der Waals surface area contributed by atoms with Gasteiger partial charge in [-0.25, -0.2) is 4.39 Å². The smallest absolute Gasteiger partial charge is 0.309 e. The molecular formula is C30H47FO7. The second-order valence-corrected chi connectivity index (χ2v) is 11.4. The third-order valence-corrected chi connectivity index (χ3v) is 7.57. The van der Waals surface area contributed by atoms with Gasteiger partial charge in [0.1, 0.15) is 24.0 Å². The van der Waals surface area contributed by atoms with Crippen LogP contribution in [0.1, 0.15) is 80.6 Å². The van der Waals surface area contributed by atoms with E-state index in [4.69, 9.17) is 14.2 Å². The molecule has 7 nitrogen and oxygen atoms in total. The van der Waals surface area contributed by atoms with Crippen LogP contribution >= 0.6 is 0 Å². The maximum Gasteiger partial charge on any atom is 0.309 e. The Hall–Kier alpha value is -2.03. The predicted octanol–water partition coefficient (Wildman–Crippen LogP) is 5.00. The molecule has 2 aliphatic heterocycles. The van der Waals surface area contributed by atoms with Crippen molar-refractivity contribution in [2.75, 3.05) is 0 Å². The number of alkyl halides is 1. The molecule has 0 aromatic heterocycles. The van der Waals surface area contributed by atoms with Gasteiger partial charge in [-0.1, -0.05) is 52.0 Å². The van der Waals surface area contributed by atoms with Gasteiger partial charge in [0.05, 0.1) is 24.7 Å². The van der Waals surface area contributed by atoms with Gasteiger partial charge in [0.15, 0.2) is 0 Å². The van der Waals surface area contributed by atoms with Crippen molar-refractivity contribution in [3.63, 3.8) is 0 Å². The van der Waals surface area contributed by atoms with E-state index in [1.54, 1.807) is 19.1 Å². The number of esters is 2. The van der Waals surface area contributed by atoms with Crippen molar-refractivity contribution in [2.45, 2.75) is 123 Å². The minimum Gasteiger partial charge on any atom is -0.457 e. The summed E-state index contributed by atoms with van der Waals surface area (Å²) in [6, 6.07) is 0. The third kappa shape index (κ3) is 9.93. The molecule has 38 heavy (non-hydrogen) atoms. The van der Waals surface area contributed by atoms with E-state index in [1.165, 1.54) is 6.92 Å². The Bertz CT molecular complexity index is 880. The molecule has 1 fully saturated rings. The van der Waals surface area contributed by atoms with Gasteiger partial charge in [0, 0.05) is 18.8 Å². The molecule has 1 saturated heterocycles. The molecule has 0 spiro atoms. The molecular weight excluding hydrogens is 491 g/mol. The van der Waals surface area contributed by atoms with Crippen molar-refractivity contribution in [1.29, 1.82) is 0 Å². The zero-order chi connectivity index (χ0) is 28.6. The van der Waals surface area contributed by atoms with Gasteiger partial charge in [-0.3, -0.25) is 9.59 Å². The number of allylic oxidation sites excluding steroid dienone is 3. The highest BCUT2D eigenvalue weighted by molar-refractivity contribution is 5.70. The number of rotatable bonds is 9. The maximum absolute atomic E-state index is 13.9. The Kier molecular flexibility index (Phi) is 12.2. The summed E-state index contributed by atoms with van der Waals surface area (Å²) in [6.45, 7) is 12.4. The van der Waals surface area contributed by atoms with Gasteiger partial charge in [0.2, 0.25) is 0 Å². The van der Waals surface area contributed by atoms with Crippen molar-refractivity contribution >= 4 is 11.9 Å². The number of epoxide rings is 1. The number of carbonyl (C=O) groups is 2. The summed E-state index contributed by atoms with van der Waals surface area (Å²) in [7, 11) is 0. The van der Waals surface area contributed by atoms with Crippen LogP contribution in [0.5, 0.6) is 0 Å². The van der Waals surface area contributed by atoms with Gasteiger partial charge in [-0.05, 0) is 57.1 Å². The Morgan fingerprint density at radius 1 is 1.32 bits per heavy atom.